The highest BCUT2D eigenvalue weighted by atomic mass is 32.2. The Hall–Kier alpha value is -2.34. The van der Waals surface area contributed by atoms with Crippen molar-refractivity contribution in [3.05, 3.63) is 54.1 Å². The average Bonchev–Trinajstić information content (AvgIpc) is 2.95. The molecule has 1 unspecified atom stereocenters. The van der Waals surface area contributed by atoms with Gasteiger partial charge in [0.05, 0.1) is 19.9 Å². The third-order valence-electron chi connectivity index (χ3n) is 4.45. The van der Waals surface area contributed by atoms with Gasteiger partial charge in [-0.1, -0.05) is 30.3 Å². The molecular weight excluding hydrogens is 348 g/mol. The number of nitrogens with one attached hydrogen (secondary N) is 1. The summed E-state index contributed by atoms with van der Waals surface area (Å²) in [5, 5.41) is 3.40. The Morgan fingerprint density at radius 1 is 1.12 bits per heavy atom. The minimum Gasteiger partial charge on any atom is -0.497 e. The van der Waals surface area contributed by atoms with Crippen molar-refractivity contribution in [2.24, 2.45) is 0 Å². The summed E-state index contributed by atoms with van der Waals surface area (Å²) in [6.45, 7) is 1.47. The molecule has 0 radical (unpaired) electrons. The Bertz CT molecular complexity index is 739. The Labute approximate surface area is 158 Å². The summed E-state index contributed by atoms with van der Waals surface area (Å²) in [7, 11) is 3.18. The summed E-state index contributed by atoms with van der Waals surface area (Å²) in [6, 6.07) is 15.8. The molecule has 0 aliphatic carbocycles. The van der Waals surface area contributed by atoms with Crippen LogP contribution in [0.2, 0.25) is 0 Å². The lowest BCUT2D eigenvalue weighted by Gasteiger charge is -2.21. The number of urea groups is 1. The Kier molecular flexibility index (Phi) is 6.28. The zero-order chi connectivity index (χ0) is 18.4. The molecule has 3 rings (SSSR count). The number of methoxy groups -OCH3 is 2. The zero-order valence-electron chi connectivity index (χ0n) is 15.1. The van der Waals surface area contributed by atoms with E-state index in [2.05, 4.69) is 29.6 Å². The maximum absolute atomic E-state index is 12.7. The van der Waals surface area contributed by atoms with E-state index in [0.29, 0.717) is 22.4 Å². The van der Waals surface area contributed by atoms with Gasteiger partial charge >= 0.3 is 6.03 Å². The van der Waals surface area contributed by atoms with Crippen LogP contribution < -0.4 is 14.8 Å². The van der Waals surface area contributed by atoms with E-state index in [-0.39, 0.29) is 6.03 Å². The third-order valence-corrected chi connectivity index (χ3v) is 5.78. The lowest BCUT2D eigenvalue weighted by Crippen LogP contribution is -2.36. The first kappa shape index (κ1) is 18.5. The molecule has 1 aliphatic rings. The number of nitrogens with zero attached hydrogens (tertiary/aromatic N) is 1. The molecule has 138 valence electrons. The highest BCUT2D eigenvalue weighted by molar-refractivity contribution is 7.99. The minimum atomic E-state index is -0.0946. The monoisotopic (exact) mass is 372 g/mol. The highest BCUT2D eigenvalue weighted by Crippen LogP contribution is 2.34. The summed E-state index contributed by atoms with van der Waals surface area (Å²) in [4.78, 5) is 14.6. The maximum Gasteiger partial charge on any atom is 0.321 e. The molecule has 2 amide bonds. The Balaban J connectivity index is 1.64. The number of anilines is 1. The van der Waals surface area contributed by atoms with Crippen LogP contribution in [0, 0.1) is 0 Å². The van der Waals surface area contributed by atoms with Crippen molar-refractivity contribution in [3.8, 4) is 11.5 Å². The Morgan fingerprint density at radius 3 is 2.65 bits per heavy atom. The number of hydrogen-bond acceptors (Lipinski definition) is 4. The molecular formula is C20H24N2O3S. The van der Waals surface area contributed by atoms with E-state index in [1.165, 1.54) is 5.56 Å². The van der Waals surface area contributed by atoms with Gasteiger partial charge in [0.1, 0.15) is 11.5 Å². The minimum absolute atomic E-state index is 0.0946. The smallest absolute Gasteiger partial charge is 0.321 e. The Morgan fingerprint density at radius 2 is 1.92 bits per heavy atom. The molecule has 26 heavy (non-hydrogen) atoms. The number of ether oxygens (including phenoxy) is 2. The van der Waals surface area contributed by atoms with Gasteiger partial charge in [0.15, 0.2) is 0 Å². The molecule has 1 fully saturated rings. The lowest BCUT2D eigenvalue weighted by atomic mass is 10.1. The van der Waals surface area contributed by atoms with Crippen LogP contribution in [0.25, 0.3) is 0 Å². The first-order valence-corrected chi connectivity index (χ1v) is 9.70. The average molecular weight is 372 g/mol. The molecule has 5 nitrogen and oxygen atoms in total. The van der Waals surface area contributed by atoms with Gasteiger partial charge in [-0.2, -0.15) is 11.8 Å². The summed E-state index contributed by atoms with van der Waals surface area (Å²) >= 11 is 1.91. The van der Waals surface area contributed by atoms with E-state index in [1.54, 1.807) is 26.4 Å². The van der Waals surface area contributed by atoms with E-state index >= 15 is 0 Å². The van der Waals surface area contributed by atoms with Crippen LogP contribution >= 0.6 is 11.8 Å². The van der Waals surface area contributed by atoms with E-state index in [9.17, 15) is 4.79 Å². The molecule has 1 heterocycles. The fourth-order valence-corrected chi connectivity index (χ4v) is 4.24. The molecule has 0 spiro atoms. The standard InChI is InChI=1S/C20H24N2O3S/c1-24-16-8-9-17(18(14-16)25-2)21-20(23)22-11-10-19(26-13-12-22)15-6-4-3-5-7-15/h3-9,14,19H,10-13H2,1-2H3,(H,21,23). The summed E-state index contributed by atoms with van der Waals surface area (Å²) < 4.78 is 10.6. The number of carbonyl (C=O) groups excluding carboxylic acids is 1. The van der Waals surface area contributed by atoms with Crippen molar-refractivity contribution in [1.29, 1.82) is 0 Å². The second-order valence-electron chi connectivity index (χ2n) is 6.04. The number of thioether (sulfide) groups is 1. The van der Waals surface area contributed by atoms with Gasteiger partial charge in [0.2, 0.25) is 0 Å². The van der Waals surface area contributed by atoms with Crippen LogP contribution in [0.15, 0.2) is 48.5 Å². The summed E-state index contributed by atoms with van der Waals surface area (Å²) in [5.74, 6) is 2.20. The first-order valence-electron chi connectivity index (χ1n) is 8.65. The van der Waals surface area contributed by atoms with E-state index in [0.717, 1.165) is 25.3 Å². The van der Waals surface area contributed by atoms with E-state index < -0.39 is 0 Å². The van der Waals surface area contributed by atoms with Crippen LogP contribution in [0.1, 0.15) is 17.2 Å². The molecule has 2 aromatic carbocycles. The van der Waals surface area contributed by atoms with Crippen molar-refractivity contribution in [3.63, 3.8) is 0 Å². The molecule has 1 N–H and O–H groups in total. The van der Waals surface area contributed by atoms with Crippen molar-refractivity contribution in [1.82, 2.24) is 4.90 Å². The van der Waals surface area contributed by atoms with Gasteiger partial charge in [-0.05, 0) is 24.1 Å². The number of amides is 2. The van der Waals surface area contributed by atoms with Gasteiger partial charge in [-0.15, -0.1) is 0 Å². The second-order valence-corrected chi connectivity index (χ2v) is 7.35. The normalized spacial score (nSPS) is 17.3. The van der Waals surface area contributed by atoms with Gasteiger partial charge in [-0.3, -0.25) is 0 Å². The summed E-state index contributed by atoms with van der Waals surface area (Å²) in [6.07, 6.45) is 0.946. The predicted octanol–water partition coefficient (Wildman–Crippen LogP) is 4.42. The van der Waals surface area contributed by atoms with E-state index in [1.807, 2.05) is 28.8 Å². The van der Waals surface area contributed by atoms with Gasteiger partial charge < -0.3 is 19.7 Å². The molecule has 2 aromatic rings. The molecule has 1 atom stereocenters. The maximum atomic E-state index is 12.7. The van der Waals surface area contributed by atoms with E-state index in [4.69, 9.17) is 9.47 Å². The van der Waals surface area contributed by atoms with Gasteiger partial charge in [-0.25, -0.2) is 4.79 Å². The van der Waals surface area contributed by atoms with Crippen molar-refractivity contribution < 1.29 is 14.3 Å². The predicted molar refractivity (Wildman–Crippen MR) is 106 cm³/mol. The quantitative estimate of drug-likeness (QED) is 0.863. The van der Waals surface area contributed by atoms with Crippen LogP contribution in [-0.4, -0.2) is 44.0 Å². The fraction of sp³-hybridized carbons (Fsp3) is 0.350. The number of hydrogen-bond donors (Lipinski definition) is 1. The molecule has 6 heteroatoms. The molecule has 0 bridgehead atoms. The van der Waals surface area contributed by atoms with Crippen molar-refractivity contribution >= 4 is 23.5 Å². The first-order chi connectivity index (χ1) is 12.7. The molecule has 1 saturated heterocycles. The number of benzene rings is 2. The zero-order valence-corrected chi connectivity index (χ0v) is 15.9. The van der Waals surface area contributed by atoms with Crippen LogP contribution in [0.4, 0.5) is 10.5 Å². The number of carbonyl (C=O) groups is 1. The van der Waals surface area contributed by atoms with Crippen molar-refractivity contribution in [2.75, 3.05) is 38.4 Å². The fourth-order valence-electron chi connectivity index (χ4n) is 3.00. The topological polar surface area (TPSA) is 50.8 Å². The van der Waals surface area contributed by atoms with Crippen LogP contribution in [0.3, 0.4) is 0 Å². The van der Waals surface area contributed by atoms with Gasteiger partial charge in [0.25, 0.3) is 0 Å². The van der Waals surface area contributed by atoms with Gasteiger partial charge in [0, 0.05) is 30.2 Å². The van der Waals surface area contributed by atoms with Crippen LogP contribution in [-0.2, 0) is 0 Å². The van der Waals surface area contributed by atoms with Crippen LogP contribution in [0.5, 0.6) is 11.5 Å². The third kappa shape index (κ3) is 4.43. The largest absolute Gasteiger partial charge is 0.497 e. The lowest BCUT2D eigenvalue weighted by molar-refractivity contribution is 0.215. The highest BCUT2D eigenvalue weighted by Gasteiger charge is 2.22. The molecule has 0 aromatic heterocycles. The molecule has 0 saturated carbocycles. The SMILES string of the molecule is COc1ccc(NC(=O)N2CCSC(c3ccccc3)CC2)c(OC)c1. The molecule has 1 aliphatic heterocycles. The number of rotatable bonds is 4. The summed E-state index contributed by atoms with van der Waals surface area (Å²) in [5.41, 5.74) is 1.98. The van der Waals surface area contributed by atoms with Crippen molar-refractivity contribution in [2.45, 2.75) is 11.7 Å². The second kappa shape index (κ2) is 8.85.